The average Bonchev–Trinajstić information content (AvgIpc) is 2.69. The van der Waals surface area contributed by atoms with E-state index in [1.165, 1.54) is 31.3 Å². The Morgan fingerprint density at radius 2 is 1.69 bits per heavy atom. The van der Waals surface area contributed by atoms with Crippen molar-refractivity contribution in [1.82, 2.24) is 5.32 Å². The summed E-state index contributed by atoms with van der Waals surface area (Å²) < 4.78 is 1.79. The predicted octanol–water partition coefficient (Wildman–Crippen LogP) is 3.21. The number of ketones is 1. The number of aromatic nitrogens is 1. The van der Waals surface area contributed by atoms with E-state index in [9.17, 15) is 9.59 Å². The van der Waals surface area contributed by atoms with Crippen molar-refractivity contribution in [3.8, 4) is 0 Å². The summed E-state index contributed by atoms with van der Waals surface area (Å²) in [6, 6.07) is 12.7. The number of nitrogens with zero attached hydrogens (tertiary/aromatic N) is 1. The van der Waals surface area contributed by atoms with E-state index in [1.807, 2.05) is 18.2 Å². The van der Waals surface area contributed by atoms with E-state index >= 15 is 0 Å². The van der Waals surface area contributed by atoms with Crippen LogP contribution in [-0.4, -0.2) is 18.2 Å². The molecular formula is C22H25N2O2+. The highest BCUT2D eigenvalue weighted by atomic mass is 16.2. The van der Waals surface area contributed by atoms with Crippen LogP contribution in [0, 0.1) is 0 Å². The number of nitrogens with one attached hydrogen (secondary N) is 1. The maximum absolute atomic E-state index is 12.4. The summed E-state index contributed by atoms with van der Waals surface area (Å²) in [6.45, 7) is 0.953. The molecule has 134 valence electrons. The number of benzene rings is 1. The first-order valence-corrected chi connectivity index (χ1v) is 9.26. The molecule has 2 aromatic rings. The van der Waals surface area contributed by atoms with Gasteiger partial charge in [-0.1, -0.05) is 42.0 Å². The molecule has 0 radical (unpaired) electrons. The summed E-state index contributed by atoms with van der Waals surface area (Å²) in [6.07, 6.45) is 11.7. The molecule has 26 heavy (non-hydrogen) atoms. The largest absolute Gasteiger partial charge is 0.350 e. The van der Waals surface area contributed by atoms with Crippen molar-refractivity contribution in [3.05, 3.63) is 77.6 Å². The second-order valence-corrected chi connectivity index (χ2v) is 6.66. The van der Waals surface area contributed by atoms with Gasteiger partial charge in [0.05, 0.1) is 0 Å². The Morgan fingerprint density at radius 1 is 0.962 bits per heavy atom. The van der Waals surface area contributed by atoms with E-state index in [2.05, 4.69) is 11.4 Å². The van der Waals surface area contributed by atoms with Crippen molar-refractivity contribution in [2.24, 2.45) is 0 Å². The molecule has 4 heteroatoms. The molecule has 0 fully saturated rings. The van der Waals surface area contributed by atoms with Crippen LogP contribution in [0.1, 0.15) is 48.0 Å². The van der Waals surface area contributed by atoms with Crippen molar-refractivity contribution in [3.63, 3.8) is 0 Å². The molecular weight excluding hydrogens is 324 g/mol. The third-order valence-corrected chi connectivity index (χ3v) is 4.67. The Hall–Kier alpha value is -2.75. The molecule has 0 unspecified atom stereocenters. The minimum Gasteiger partial charge on any atom is -0.350 e. The zero-order valence-electron chi connectivity index (χ0n) is 15.0. The molecule has 0 spiro atoms. The van der Waals surface area contributed by atoms with Gasteiger partial charge in [0.25, 0.3) is 5.91 Å². The summed E-state index contributed by atoms with van der Waals surface area (Å²) in [5.74, 6) is -0.0171. The van der Waals surface area contributed by atoms with Gasteiger partial charge < -0.3 is 5.32 Å². The molecule has 1 heterocycles. The average molecular weight is 349 g/mol. The van der Waals surface area contributed by atoms with Gasteiger partial charge in [-0.3, -0.25) is 9.59 Å². The monoisotopic (exact) mass is 349 g/mol. The lowest BCUT2D eigenvalue weighted by atomic mass is 9.97. The van der Waals surface area contributed by atoms with Gasteiger partial charge in [-0.2, -0.15) is 4.57 Å². The molecule has 1 amide bonds. The van der Waals surface area contributed by atoms with Crippen LogP contribution in [0.15, 0.2) is 66.5 Å². The molecule has 0 atom stereocenters. The number of hydrogen-bond donors (Lipinski definition) is 1. The molecule has 0 aliphatic heterocycles. The fourth-order valence-corrected chi connectivity index (χ4v) is 3.19. The maximum atomic E-state index is 12.4. The van der Waals surface area contributed by atoms with Crippen LogP contribution in [0.3, 0.4) is 0 Å². The Labute approximate surface area is 154 Å². The second kappa shape index (κ2) is 9.09. The minimum absolute atomic E-state index is 0.00598. The van der Waals surface area contributed by atoms with E-state index < -0.39 is 0 Å². The van der Waals surface area contributed by atoms with E-state index in [1.54, 1.807) is 41.2 Å². The van der Waals surface area contributed by atoms with Crippen LogP contribution in [0.2, 0.25) is 0 Å². The SMILES string of the molecule is O=C(C[n+]1ccc(C(=O)c2ccccc2)cc1)NCCC1=CCCCC1. The quantitative estimate of drug-likeness (QED) is 0.474. The lowest BCUT2D eigenvalue weighted by molar-refractivity contribution is -0.684. The first-order valence-electron chi connectivity index (χ1n) is 9.26. The van der Waals surface area contributed by atoms with E-state index in [0.29, 0.717) is 17.7 Å². The van der Waals surface area contributed by atoms with Crippen LogP contribution in [0.4, 0.5) is 0 Å². The normalized spacial score (nSPS) is 13.8. The third kappa shape index (κ3) is 5.12. The summed E-state index contributed by atoms with van der Waals surface area (Å²) in [7, 11) is 0. The Balaban J connectivity index is 1.48. The van der Waals surface area contributed by atoms with Crippen LogP contribution in [-0.2, 0) is 11.3 Å². The van der Waals surface area contributed by atoms with Crippen molar-refractivity contribution < 1.29 is 14.2 Å². The summed E-state index contributed by atoms with van der Waals surface area (Å²) in [5.41, 5.74) is 2.75. The first-order chi connectivity index (χ1) is 12.7. The number of allylic oxidation sites excluding steroid dienone is 1. The van der Waals surface area contributed by atoms with E-state index in [4.69, 9.17) is 0 Å². The number of rotatable bonds is 7. The molecule has 1 aliphatic carbocycles. The Morgan fingerprint density at radius 3 is 2.38 bits per heavy atom. The van der Waals surface area contributed by atoms with Gasteiger partial charge in [-0.05, 0) is 32.1 Å². The molecule has 3 rings (SSSR count). The van der Waals surface area contributed by atoms with Crippen molar-refractivity contribution in [2.75, 3.05) is 6.54 Å². The summed E-state index contributed by atoms with van der Waals surface area (Å²) in [4.78, 5) is 24.5. The highest BCUT2D eigenvalue weighted by Crippen LogP contribution is 2.19. The highest BCUT2D eigenvalue weighted by Gasteiger charge is 2.13. The van der Waals surface area contributed by atoms with Crippen LogP contribution < -0.4 is 9.88 Å². The first kappa shape index (κ1) is 18.1. The standard InChI is InChI=1S/C22H24N2O2/c25-21(23-14-11-18-7-3-1-4-8-18)17-24-15-12-20(13-16-24)22(26)19-9-5-2-6-10-19/h2,5-7,9-10,12-13,15-16H,1,3-4,8,11,14,17H2/p+1. The molecule has 0 saturated heterocycles. The van der Waals surface area contributed by atoms with Gasteiger partial charge in [-0.25, -0.2) is 0 Å². The molecule has 4 nitrogen and oxygen atoms in total. The van der Waals surface area contributed by atoms with Crippen molar-refractivity contribution >= 4 is 11.7 Å². The minimum atomic E-state index is -0.0111. The van der Waals surface area contributed by atoms with Gasteiger partial charge in [-0.15, -0.1) is 0 Å². The van der Waals surface area contributed by atoms with Gasteiger partial charge >= 0.3 is 0 Å². The summed E-state index contributed by atoms with van der Waals surface area (Å²) >= 11 is 0. The van der Waals surface area contributed by atoms with Crippen LogP contribution in [0.5, 0.6) is 0 Å². The van der Waals surface area contributed by atoms with Gasteiger partial charge in [0, 0.05) is 29.8 Å². The molecule has 1 aliphatic rings. The van der Waals surface area contributed by atoms with Crippen molar-refractivity contribution in [2.45, 2.75) is 38.6 Å². The number of carbonyl (C=O) groups excluding carboxylic acids is 2. The Bertz CT molecular complexity index is 780. The number of carbonyl (C=O) groups is 2. The van der Waals surface area contributed by atoms with Crippen molar-refractivity contribution in [1.29, 1.82) is 0 Å². The lowest BCUT2D eigenvalue weighted by Crippen LogP contribution is -2.42. The predicted molar refractivity (Wildman–Crippen MR) is 101 cm³/mol. The fourth-order valence-electron chi connectivity index (χ4n) is 3.19. The molecule has 0 saturated carbocycles. The van der Waals surface area contributed by atoms with Crippen LogP contribution >= 0.6 is 0 Å². The van der Waals surface area contributed by atoms with Gasteiger partial charge in [0.1, 0.15) is 0 Å². The topological polar surface area (TPSA) is 50.0 Å². The van der Waals surface area contributed by atoms with Gasteiger partial charge in [0.2, 0.25) is 6.54 Å². The highest BCUT2D eigenvalue weighted by molar-refractivity contribution is 6.08. The van der Waals surface area contributed by atoms with Gasteiger partial charge in [0.15, 0.2) is 18.2 Å². The fraction of sp³-hybridized carbons (Fsp3) is 0.318. The van der Waals surface area contributed by atoms with Crippen LogP contribution in [0.25, 0.3) is 0 Å². The summed E-state index contributed by atoms with van der Waals surface area (Å²) in [5, 5.41) is 2.97. The zero-order valence-corrected chi connectivity index (χ0v) is 15.0. The Kier molecular flexibility index (Phi) is 6.31. The second-order valence-electron chi connectivity index (χ2n) is 6.66. The molecule has 1 N–H and O–H groups in total. The molecule has 0 bridgehead atoms. The molecule has 1 aromatic heterocycles. The third-order valence-electron chi connectivity index (χ3n) is 4.67. The lowest BCUT2D eigenvalue weighted by Gasteiger charge is -2.12. The number of hydrogen-bond acceptors (Lipinski definition) is 2. The number of pyridine rings is 1. The zero-order chi connectivity index (χ0) is 18.2. The maximum Gasteiger partial charge on any atom is 0.285 e. The smallest absolute Gasteiger partial charge is 0.285 e. The van der Waals surface area contributed by atoms with E-state index in [0.717, 1.165) is 6.42 Å². The number of amides is 1. The van der Waals surface area contributed by atoms with E-state index in [-0.39, 0.29) is 18.2 Å². The molecule has 1 aromatic carbocycles.